The quantitative estimate of drug-likeness (QED) is 0.0229. The number of H-pyrrole nitrogens is 2. The summed E-state index contributed by atoms with van der Waals surface area (Å²) in [6, 6.07) is -1.52. The molecule has 13 amide bonds. The number of rotatable bonds is 36. The smallest absolute Gasteiger partial charge is 0.243 e. The molecule has 1 aliphatic heterocycles. The molecule has 89 heavy (non-hydrogen) atoms. The van der Waals surface area contributed by atoms with Gasteiger partial charge in [0.15, 0.2) is 0 Å². The molecule has 17 N–H and O–H groups in total. The van der Waals surface area contributed by atoms with E-state index in [2.05, 4.69) is 73.4 Å². The van der Waals surface area contributed by atoms with E-state index in [-0.39, 0.29) is 118 Å². The van der Waals surface area contributed by atoms with Gasteiger partial charge in [-0.15, -0.1) is 0 Å². The molecule has 0 saturated carbocycles. The molecular weight excluding hydrogens is 1210 g/mol. The number of para-hydroxylation sites is 1. The molecule has 7 atom stereocenters. The molecule has 32 heteroatoms. The number of nitrogens with two attached hydrogens (primary N) is 2. The van der Waals surface area contributed by atoms with E-state index in [1.807, 2.05) is 26.2 Å². The first-order valence-corrected chi connectivity index (χ1v) is 33.2. The van der Waals surface area contributed by atoms with Crippen LogP contribution in [0.4, 0.5) is 0 Å². The van der Waals surface area contributed by atoms with Crippen molar-refractivity contribution in [1.82, 2.24) is 73.4 Å². The number of primary amides is 2. The predicted octanol–water partition coefficient (Wildman–Crippen LogP) is -1.67. The van der Waals surface area contributed by atoms with E-state index < -0.39 is 114 Å². The van der Waals surface area contributed by atoms with Crippen molar-refractivity contribution in [2.24, 2.45) is 29.2 Å². The van der Waals surface area contributed by atoms with Gasteiger partial charge in [-0.25, -0.2) is 4.98 Å². The second-order valence-corrected chi connectivity index (χ2v) is 25.7. The Kier molecular flexibility index (Phi) is 31.9. The van der Waals surface area contributed by atoms with Gasteiger partial charge in [-0.2, -0.15) is 11.8 Å². The van der Waals surface area contributed by atoms with E-state index in [0.29, 0.717) is 23.4 Å². The van der Waals surface area contributed by atoms with Gasteiger partial charge in [-0.05, 0) is 74.5 Å². The Morgan fingerprint density at radius 1 is 0.652 bits per heavy atom. The molecule has 1 aliphatic rings. The molecule has 1 aromatic carbocycles. The second-order valence-electron chi connectivity index (χ2n) is 22.3. The first-order valence-electron chi connectivity index (χ1n) is 29.3. The predicted molar refractivity (Wildman–Crippen MR) is 337 cm³/mol. The molecule has 0 bridgehead atoms. The summed E-state index contributed by atoms with van der Waals surface area (Å²) in [5.41, 5.74) is 12.8. The van der Waals surface area contributed by atoms with Crippen LogP contribution in [0.15, 0.2) is 43.0 Å². The first kappa shape index (κ1) is 73.6. The highest BCUT2D eigenvalue weighted by Crippen LogP contribution is 2.22. The summed E-state index contributed by atoms with van der Waals surface area (Å²) in [5.74, 6) is -8.40. The molecule has 490 valence electrons. The summed E-state index contributed by atoms with van der Waals surface area (Å²) in [7, 11) is 2.53. The number of carbonyl (C=O) groups is 13. The number of hydrogen-bond acceptors (Lipinski definition) is 17. The zero-order valence-electron chi connectivity index (χ0n) is 51.0. The molecule has 0 radical (unpaired) electrons. The number of fused-ring (bicyclic) bond motifs is 1. The Morgan fingerprint density at radius 2 is 1.27 bits per heavy atom. The molecule has 3 aromatic rings. The topological polar surface area (TPSA) is 451 Å². The van der Waals surface area contributed by atoms with E-state index in [9.17, 15) is 62.3 Å². The summed E-state index contributed by atoms with van der Waals surface area (Å²) in [6.07, 6.45) is 6.58. The fourth-order valence-electron chi connectivity index (χ4n) is 9.13. The number of benzene rings is 1. The van der Waals surface area contributed by atoms with Crippen LogP contribution >= 0.6 is 33.3 Å². The Bertz CT molecular complexity index is 2890. The average Bonchev–Trinajstić information content (AvgIpc) is 3.21. The number of aromatic nitrogens is 3. The molecule has 29 nitrogen and oxygen atoms in total. The first-order chi connectivity index (χ1) is 42.3. The maximum atomic E-state index is 14.3. The molecule has 0 spiro atoms. The third kappa shape index (κ3) is 27.2. The Hall–Kier alpha value is -7.87. The SMILES string of the molecule is CSCC[C@H](NC(=O)[C@H](CC(C)C)NC(=O)[C@H](Cc1cnc[nH]1)NC(=O)CNC(=O)[C@@H](NC(=O)[C@H](C)NC(=O)[C@H](Cc1c[nH]c2ccccc12)NC(=O)[C@H](CCC(N)=O)NC(=O)CCCCNC(=O)CC1CNC(=O)CSSCC(=O)NC1)C(C)C)C(N)=O. The van der Waals surface area contributed by atoms with Crippen LogP contribution in [0.1, 0.15) is 97.2 Å². The maximum absolute atomic E-state index is 14.3. The molecule has 4 rings (SSSR count). The normalized spacial score (nSPS) is 15.4. The van der Waals surface area contributed by atoms with Crippen LogP contribution in [0, 0.1) is 17.8 Å². The molecule has 2 aromatic heterocycles. The lowest BCUT2D eigenvalue weighted by Gasteiger charge is -2.26. The number of nitrogens with zero attached hydrogens (tertiary/aromatic N) is 1. The number of imidazole rings is 1. The van der Waals surface area contributed by atoms with Gasteiger partial charge >= 0.3 is 0 Å². The molecule has 0 aliphatic carbocycles. The zero-order valence-corrected chi connectivity index (χ0v) is 53.4. The van der Waals surface area contributed by atoms with Crippen molar-refractivity contribution in [2.45, 2.75) is 141 Å². The van der Waals surface area contributed by atoms with Gasteiger partial charge in [-0.1, -0.05) is 67.5 Å². The molecule has 1 fully saturated rings. The summed E-state index contributed by atoms with van der Waals surface area (Å²) in [6.45, 7) is 8.22. The minimum Gasteiger partial charge on any atom is -0.370 e. The van der Waals surface area contributed by atoms with Gasteiger partial charge in [0.25, 0.3) is 0 Å². The third-order valence-electron chi connectivity index (χ3n) is 14.0. The van der Waals surface area contributed by atoms with Gasteiger partial charge in [0.05, 0.1) is 24.4 Å². The van der Waals surface area contributed by atoms with Gasteiger partial charge < -0.3 is 79.9 Å². The number of amides is 13. The highest BCUT2D eigenvalue weighted by atomic mass is 33.1. The molecule has 0 unspecified atom stereocenters. The van der Waals surface area contributed by atoms with E-state index in [0.717, 1.165) is 10.9 Å². The van der Waals surface area contributed by atoms with Gasteiger partial charge in [0, 0.05) is 86.6 Å². The fourth-order valence-corrected chi connectivity index (χ4v) is 11.3. The second kappa shape index (κ2) is 38.5. The van der Waals surface area contributed by atoms with E-state index in [1.54, 1.807) is 38.2 Å². The Balaban J connectivity index is 1.39. The van der Waals surface area contributed by atoms with Crippen LogP contribution in [0.2, 0.25) is 0 Å². The third-order valence-corrected chi connectivity index (χ3v) is 16.8. The largest absolute Gasteiger partial charge is 0.370 e. The van der Waals surface area contributed by atoms with Crippen molar-refractivity contribution in [3.63, 3.8) is 0 Å². The van der Waals surface area contributed by atoms with Crippen LogP contribution in [-0.4, -0.2) is 184 Å². The zero-order chi connectivity index (χ0) is 65.6. The van der Waals surface area contributed by atoms with Crippen LogP contribution in [0.25, 0.3) is 10.9 Å². The number of carbonyl (C=O) groups excluding carboxylic acids is 13. The summed E-state index contributed by atoms with van der Waals surface area (Å²) < 4.78 is 0. The van der Waals surface area contributed by atoms with Gasteiger partial charge in [0.2, 0.25) is 76.8 Å². The van der Waals surface area contributed by atoms with Crippen LogP contribution < -0.4 is 70.0 Å². The number of unbranched alkanes of at least 4 members (excludes halogenated alkanes) is 1. The van der Waals surface area contributed by atoms with Gasteiger partial charge in [-0.3, -0.25) is 62.3 Å². The lowest BCUT2D eigenvalue weighted by molar-refractivity contribution is -0.135. The number of thioether (sulfide) groups is 1. The van der Waals surface area contributed by atoms with Crippen molar-refractivity contribution in [2.75, 3.05) is 49.7 Å². The molecular formula is C57H86N16O13S3. The lowest BCUT2D eigenvalue weighted by Crippen LogP contribution is -2.59. The summed E-state index contributed by atoms with van der Waals surface area (Å²) in [4.78, 5) is 181. The number of nitrogens with one attached hydrogen (secondary N) is 13. The minimum absolute atomic E-state index is 0.0291. The van der Waals surface area contributed by atoms with Crippen molar-refractivity contribution < 1.29 is 62.3 Å². The van der Waals surface area contributed by atoms with E-state index >= 15 is 0 Å². The molecule has 1 saturated heterocycles. The average molecular weight is 1300 g/mol. The summed E-state index contributed by atoms with van der Waals surface area (Å²) in [5, 5.41) is 30.0. The van der Waals surface area contributed by atoms with Crippen molar-refractivity contribution in [3.05, 3.63) is 54.2 Å². The number of aromatic amines is 2. The van der Waals surface area contributed by atoms with Crippen molar-refractivity contribution >= 4 is 121 Å². The van der Waals surface area contributed by atoms with Crippen LogP contribution in [0.3, 0.4) is 0 Å². The summed E-state index contributed by atoms with van der Waals surface area (Å²) >= 11 is 1.46. The van der Waals surface area contributed by atoms with E-state index in [4.69, 9.17) is 11.5 Å². The Labute approximate surface area is 528 Å². The van der Waals surface area contributed by atoms with Crippen molar-refractivity contribution in [1.29, 1.82) is 0 Å². The van der Waals surface area contributed by atoms with Crippen LogP contribution in [0.5, 0.6) is 0 Å². The Morgan fingerprint density at radius 3 is 1.90 bits per heavy atom. The fraction of sp³-hybridized carbons (Fsp3) is 0.579. The monoisotopic (exact) mass is 1300 g/mol. The minimum atomic E-state index is -1.39. The van der Waals surface area contributed by atoms with E-state index in [1.165, 1.54) is 52.8 Å². The molecule has 3 heterocycles. The highest BCUT2D eigenvalue weighted by Gasteiger charge is 2.34. The van der Waals surface area contributed by atoms with Crippen LogP contribution in [-0.2, 0) is 75.2 Å². The maximum Gasteiger partial charge on any atom is 0.243 e. The van der Waals surface area contributed by atoms with Crippen molar-refractivity contribution in [3.8, 4) is 0 Å². The number of hydrogen-bond donors (Lipinski definition) is 15. The highest BCUT2D eigenvalue weighted by molar-refractivity contribution is 8.77. The van der Waals surface area contributed by atoms with Gasteiger partial charge in [0.1, 0.15) is 42.3 Å². The standard InChI is InChI=1S/C57H86N16O13S3/c1-31(2)19-41(55(84)70-39(51(59)80)16-18-87-6)71-56(85)43(22-36-26-60-30-66-36)69-47(77)27-65-57(86)50(32(3)4)73-52(81)33(5)67-54(83)42(21-35-25-62-38-12-8-7-11-37(35)38)72-53(82)40(14-15-44(58)74)68-45(75)13-9-10-17-61-46(76)20-34-23-63-48(78)28-88-89-29-49(79)64-24-34/h7-8,11-12,25-26,30-34,39-43,50,62H,9-10,13-24,27-29H2,1-6H3,(H2,58,74)(H2,59,80)(H,60,66)(H,61,76)(H,63,78)(H,64,79)(H,65,86)(H,67,83)(H,68,75)(H,69,77)(H,70,84)(H,71,85)(H,72,82)(H,73,81)/t33-,39-,40-,41-,42-,43-,50-/m0/s1. The lowest BCUT2D eigenvalue weighted by atomic mass is 10.0.